The van der Waals surface area contributed by atoms with Crippen molar-refractivity contribution in [3.8, 4) is 12.3 Å². The van der Waals surface area contributed by atoms with Gasteiger partial charge in [-0.25, -0.2) is 0 Å². The first kappa shape index (κ1) is 11.8. The molecule has 1 aromatic carbocycles. The Morgan fingerprint density at radius 2 is 1.80 bits per heavy atom. The topological polar surface area (TPSA) is 12.0 Å². The van der Waals surface area contributed by atoms with E-state index in [9.17, 15) is 0 Å². The van der Waals surface area contributed by atoms with Gasteiger partial charge in [-0.2, -0.15) is 0 Å². The first-order valence-corrected chi connectivity index (χ1v) is 5.31. The summed E-state index contributed by atoms with van der Waals surface area (Å²) in [5.41, 5.74) is 5.36. The molecular weight excluding hydrogens is 182 g/mol. The molecule has 0 aliphatic rings. The van der Waals surface area contributed by atoms with Crippen molar-refractivity contribution in [1.29, 1.82) is 0 Å². The Morgan fingerprint density at radius 1 is 1.27 bits per heavy atom. The first-order chi connectivity index (χ1) is 7.04. The van der Waals surface area contributed by atoms with Gasteiger partial charge in [-0.1, -0.05) is 23.6 Å². The van der Waals surface area contributed by atoms with Crippen LogP contribution >= 0.6 is 0 Å². The summed E-state index contributed by atoms with van der Waals surface area (Å²) in [5, 5.41) is 3.31. The number of benzene rings is 1. The lowest BCUT2D eigenvalue weighted by molar-refractivity contribution is 0.644. The highest BCUT2D eigenvalue weighted by molar-refractivity contribution is 5.37. The zero-order valence-electron chi connectivity index (χ0n) is 10.0. The molecule has 1 nitrogen and oxygen atoms in total. The van der Waals surface area contributed by atoms with E-state index < -0.39 is 0 Å². The molecular formula is C14H19N. The van der Waals surface area contributed by atoms with E-state index in [1.165, 1.54) is 22.3 Å². The summed E-state index contributed by atoms with van der Waals surface area (Å²) in [7, 11) is 0. The molecule has 0 aliphatic carbocycles. The lowest BCUT2D eigenvalue weighted by atomic mass is 10.00. The first-order valence-electron chi connectivity index (χ1n) is 5.31. The third-order valence-corrected chi connectivity index (χ3v) is 2.68. The van der Waals surface area contributed by atoms with E-state index >= 15 is 0 Å². The van der Waals surface area contributed by atoms with Crippen LogP contribution in [0.3, 0.4) is 0 Å². The molecule has 0 fully saturated rings. The van der Waals surface area contributed by atoms with Gasteiger partial charge in [-0.15, -0.1) is 6.42 Å². The normalized spacial score (nSPS) is 12.2. The van der Waals surface area contributed by atoms with Gasteiger partial charge < -0.3 is 0 Å². The minimum Gasteiger partial charge on any atom is -0.300 e. The third-order valence-electron chi connectivity index (χ3n) is 2.68. The maximum absolute atomic E-state index is 5.32. The van der Waals surface area contributed by atoms with Crippen LogP contribution in [0, 0.1) is 33.1 Å². The van der Waals surface area contributed by atoms with E-state index in [-0.39, 0.29) is 6.04 Å². The van der Waals surface area contributed by atoms with Crippen LogP contribution in [-0.4, -0.2) is 6.04 Å². The van der Waals surface area contributed by atoms with Crippen molar-refractivity contribution in [2.24, 2.45) is 0 Å². The quantitative estimate of drug-likeness (QED) is 0.741. The molecule has 15 heavy (non-hydrogen) atoms. The zero-order chi connectivity index (χ0) is 11.4. The Labute approximate surface area is 92.9 Å². The van der Waals surface area contributed by atoms with Gasteiger partial charge in [-0.05, 0) is 44.4 Å². The van der Waals surface area contributed by atoms with Gasteiger partial charge in [0.25, 0.3) is 0 Å². The number of terminal acetylenes is 1. The fourth-order valence-electron chi connectivity index (χ4n) is 1.80. The SMILES string of the molecule is C#CC(C)NCc1c(C)cc(C)cc1C. The molecule has 1 N–H and O–H groups in total. The van der Waals surface area contributed by atoms with Crippen molar-refractivity contribution in [1.82, 2.24) is 5.32 Å². The molecule has 0 aliphatic heterocycles. The number of rotatable bonds is 3. The van der Waals surface area contributed by atoms with Crippen molar-refractivity contribution in [3.63, 3.8) is 0 Å². The van der Waals surface area contributed by atoms with Crippen LogP contribution in [0.25, 0.3) is 0 Å². The molecule has 1 aromatic rings. The molecule has 0 saturated carbocycles. The largest absolute Gasteiger partial charge is 0.300 e. The van der Waals surface area contributed by atoms with Crippen LogP contribution in [0.5, 0.6) is 0 Å². The fourth-order valence-corrected chi connectivity index (χ4v) is 1.80. The van der Waals surface area contributed by atoms with E-state index in [0.29, 0.717) is 0 Å². The Bertz CT molecular complexity index is 362. The predicted octanol–water partition coefficient (Wildman–Crippen LogP) is 2.72. The van der Waals surface area contributed by atoms with Crippen LogP contribution in [-0.2, 0) is 6.54 Å². The van der Waals surface area contributed by atoms with E-state index in [1.54, 1.807) is 0 Å². The predicted molar refractivity (Wildman–Crippen MR) is 65.8 cm³/mol. The minimum atomic E-state index is 0.130. The average Bonchev–Trinajstić information content (AvgIpc) is 2.15. The van der Waals surface area contributed by atoms with Crippen LogP contribution < -0.4 is 5.32 Å². The minimum absolute atomic E-state index is 0.130. The monoisotopic (exact) mass is 201 g/mol. The van der Waals surface area contributed by atoms with Crippen molar-refractivity contribution >= 4 is 0 Å². The molecule has 0 aromatic heterocycles. The second-order valence-corrected chi connectivity index (χ2v) is 4.15. The van der Waals surface area contributed by atoms with E-state index in [1.807, 2.05) is 6.92 Å². The maximum atomic E-state index is 5.32. The molecule has 0 radical (unpaired) electrons. The van der Waals surface area contributed by atoms with Gasteiger partial charge in [-0.3, -0.25) is 5.32 Å². The molecule has 0 heterocycles. The second kappa shape index (κ2) is 5.00. The van der Waals surface area contributed by atoms with Crippen LogP contribution in [0.1, 0.15) is 29.2 Å². The lowest BCUT2D eigenvalue weighted by Crippen LogP contribution is -2.24. The molecule has 0 amide bonds. The van der Waals surface area contributed by atoms with E-state index in [2.05, 4.69) is 44.1 Å². The Balaban J connectivity index is 2.82. The van der Waals surface area contributed by atoms with Crippen LogP contribution in [0.2, 0.25) is 0 Å². The van der Waals surface area contributed by atoms with Crippen LogP contribution in [0.15, 0.2) is 12.1 Å². The molecule has 1 heteroatoms. The number of hydrogen-bond acceptors (Lipinski definition) is 1. The van der Waals surface area contributed by atoms with Gasteiger partial charge in [0.1, 0.15) is 0 Å². The standard InChI is InChI=1S/C14H19N/c1-6-13(5)15-9-14-11(3)7-10(2)8-12(14)4/h1,7-8,13,15H,9H2,2-5H3. The lowest BCUT2D eigenvalue weighted by Gasteiger charge is -2.13. The fraction of sp³-hybridized carbons (Fsp3) is 0.429. The molecule has 0 saturated heterocycles. The summed E-state index contributed by atoms with van der Waals surface area (Å²) in [6.45, 7) is 9.28. The highest BCUT2D eigenvalue weighted by Crippen LogP contribution is 2.16. The van der Waals surface area contributed by atoms with E-state index in [4.69, 9.17) is 6.42 Å². The highest BCUT2D eigenvalue weighted by atomic mass is 14.9. The van der Waals surface area contributed by atoms with Crippen molar-refractivity contribution in [2.45, 2.75) is 40.3 Å². The van der Waals surface area contributed by atoms with Gasteiger partial charge in [0.2, 0.25) is 0 Å². The van der Waals surface area contributed by atoms with Crippen molar-refractivity contribution in [2.75, 3.05) is 0 Å². The van der Waals surface area contributed by atoms with E-state index in [0.717, 1.165) is 6.54 Å². The van der Waals surface area contributed by atoms with Gasteiger partial charge >= 0.3 is 0 Å². The summed E-state index contributed by atoms with van der Waals surface area (Å²) >= 11 is 0. The number of hydrogen-bond donors (Lipinski definition) is 1. The summed E-state index contributed by atoms with van der Waals surface area (Å²) in [5.74, 6) is 2.67. The van der Waals surface area contributed by atoms with Crippen molar-refractivity contribution in [3.05, 3.63) is 34.4 Å². The summed E-state index contributed by atoms with van der Waals surface area (Å²) in [6, 6.07) is 4.56. The highest BCUT2D eigenvalue weighted by Gasteiger charge is 2.04. The summed E-state index contributed by atoms with van der Waals surface area (Å²) in [6.07, 6.45) is 5.32. The molecule has 0 bridgehead atoms. The summed E-state index contributed by atoms with van der Waals surface area (Å²) in [4.78, 5) is 0. The molecule has 80 valence electrons. The average molecular weight is 201 g/mol. The number of nitrogens with one attached hydrogen (secondary N) is 1. The van der Waals surface area contributed by atoms with Gasteiger partial charge in [0, 0.05) is 6.54 Å². The Hall–Kier alpha value is -1.26. The molecule has 1 unspecified atom stereocenters. The zero-order valence-corrected chi connectivity index (χ0v) is 10.0. The van der Waals surface area contributed by atoms with Gasteiger partial charge in [0.05, 0.1) is 6.04 Å². The molecule has 0 spiro atoms. The summed E-state index contributed by atoms with van der Waals surface area (Å²) < 4.78 is 0. The van der Waals surface area contributed by atoms with Crippen LogP contribution in [0.4, 0.5) is 0 Å². The Morgan fingerprint density at radius 3 is 2.27 bits per heavy atom. The molecule has 1 rings (SSSR count). The Kier molecular flexibility index (Phi) is 3.94. The molecule has 1 atom stereocenters. The maximum Gasteiger partial charge on any atom is 0.0660 e. The third kappa shape index (κ3) is 3.11. The second-order valence-electron chi connectivity index (χ2n) is 4.15. The number of aryl methyl sites for hydroxylation is 3. The smallest absolute Gasteiger partial charge is 0.0660 e. The van der Waals surface area contributed by atoms with Crippen molar-refractivity contribution < 1.29 is 0 Å². The van der Waals surface area contributed by atoms with Gasteiger partial charge in [0.15, 0.2) is 0 Å².